The van der Waals surface area contributed by atoms with E-state index in [0.717, 1.165) is 5.69 Å². The molecule has 0 heterocycles. The second kappa shape index (κ2) is 3.21. The standard InChI is InChI=1S/C10H13N3O/c11-8-5-6(10(12)14)1-4-9(8)13-7-2-3-7/h1,4-5,7,13H,2-3,11H2,(H2,12,14). The van der Waals surface area contributed by atoms with Gasteiger partial charge >= 0.3 is 0 Å². The molecule has 2 rings (SSSR count). The van der Waals surface area contributed by atoms with Gasteiger partial charge in [0.05, 0.1) is 11.4 Å². The van der Waals surface area contributed by atoms with Gasteiger partial charge in [-0.1, -0.05) is 0 Å². The molecule has 1 aliphatic rings. The van der Waals surface area contributed by atoms with Gasteiger partial charge in [0.25, 0.3) is 0 Å². The Labute approximate surface area is 82.3 Å². The van der Waals surface area contributed by atoms with Crippen LogP contribution in [0.5, 0.6) is 0 Å². The van der Waals surface area contributed by atoms with Gasteiger partial charge in [0.1, 0.15) is 0 Å². The fourth-order valence-electron chi connectivity index (χ4n) is 1.30. The van der Waals surface area contributed by atoms with Crippen molar-refractivity contribution in [3.8, 4) is 0 Å². The third kappa shape index (κ3) is 1.79. The van der Waals surface area contributed by atoms with Crippen LogP contribution in [0.25, 0.3) is 0 Å². The normalized spacial score (nSPS) is 15.1. The summed E-state index contributed by atoms with van der Waals surface area (Å²) in [5.41, 5.74) is 12.8. The van der Waals surface area contributed by atoms with E-state index in [-0.39, 0.29) is 0 Å². The van der Waals surface area contributed by atoms with Crippen molar-refractivity contribution >= 4 is 17.3 Å². The second-order valence-electron chi connectivity index (χ2n) is 3.58. The quantitative estimate of drug-likeness (QED) is 0.622. The van der Waals surface area contributed by atoms with E-state index in [1.54, 1.807) is 18.2 Å². The number of hydrogen-bond donors (Lipinski definition) is 3. The van der Waals surface area contributed by atoms with Gasteiger partial charge in [0.15, 0.2) is 0 Å². The average Bonchev–Trinajstić information content (AvgIpc) is 2.92. The van der Waals surface area contributed by atoms with Crippen LogP contribution < -0.4 is 16.8 Å². The van der Waals surface area contributed by atoms with E-state index >= 15 is 0 Å². The number of rotatable bonds is 3. The van der Waals surface area contributed by atoms with Crippen molar-refractivity contribution in [1.82, 2.24) is 0 Å². The zero-order chi connectivity index (χ0) is 10.1. The van der Waals surface area contributed by atoms with Crippen molar-refractivity contribution in [1.29, 1.82) is 0 Å². The number of benzene rings is 1. The van der Waals surface area contributed by atoms with Gasteiger partial charge in [-0.3, -0.25) is 4.79 Å². The Kier molecular flexibility index (Phi) is 2.04. The summed E-state index contributed by atoms with van der Waals surface area (Å²) in [4.78, 5) is 10.8. The van der Waals surface area contributed by atoms with E-state index in [2.05, 4.69) is 5.32 Å². The minimum Gasteiger partial charge on any atom is -0.397 e. The molecule has 1 aromatic rings. The molecule has 1 saturated carbocycles. The molecule has 1 fully saturated rings. The minimum absolute atomic E-state index is 0.448. The van der Waals surface area contributed by atoms with Crippen LogP contribution in [-0.2, 0) is 0 Å². The number of carbonyl (C=O) groups is 1. The van der Waals surface area contributed by atoms with Gasteiger partial charge in [-0.25, -0.2) is 0 Å². The number of hydrogen-bond acceptors (Lipinski definition) is 3. The van der Waals surface area contributed by atoms with E-state index < -0.39 is 5.91 Å². The molecular formula is C10H13N3O. The van der Waals surface area contributed by atoms with Crippen LogP contribution in [0.1, 0.15) is 23.2 Å². The first-order valence-electron chi connectivity index (χ1n) is 4.62. The highest BCUT2D eigenvalue weighted by Gasteiger charge is 2.21. The number of nitrogen functional groups attached to an aromatic ring is 1. The first kappa shape index (κ1) is 8.87. The van der Waals surface area contributed by atoms with E-state index in [1.165, 1.54) is 12.8 Å². The number of amides is 1. The molecule has 0 unspecified atom stereocenters. The summed E-state index contributed by atoms with van der Waals surface area (Å²) in [5, 5.41) is 3.27. The van der Waals surface area contributed by atoms with Gasteiger partial charge < -0.3 is 16.8 Å². The third-order valence-electron chi connectivity index (χ3n) is 2.27. The van der Waals surface area contributed by atoms with Gasteiger partial charge in [0, 0.05) is 11.6 Å². The fraction of sp³-hybridized carbons (Fsp3) is 0.300. The molecule has 0 spiro atoms. The Hall–Kier alpha value is -1.71. The maximum atomic E-state index is 10.8. The lowest BCUT2D eigenvalue weighted by molar-refractivity contribution is 0.100. The summed E-state index contributed by atoms with van der Waals surface area (Å²) >= 11 is 0. The van der Waals surface area contributed by atoms with Crippen LogP contribution in [0, 0.1) is 0 Å². The van der Waals surface area contributed by atoms with E-state index in [4.69, 9.17) is 11.5 Å². The number of nitrogens with one attached hydrogen (secondary N) is 1. The second-order valence-corrected chi connectivity index (χ2v) is 3.58. The Morgan fingerprint density at radius 1 is 1.43 bits per heavy atom. The maximum Gasteiger partial charge on any atom is 0.248 e. The summed E-state index contributed by atoms with van der Waals surface area (Å²) in [6.07, 6.45) is 2.38. The van der Waals surface area contributed by atoms with Crippen molar-refractivity contribution in [2.45, 2.75) is 18.9 Å². The highest BCUT2D eigenvalue weighted by molar-refractivity contribution is 5.94. The van der Waals surface area contributed by atoms with E-state index in [9.17, 15) is 4.79 Å². The molecular weight excluding hydrogens is 178 g/mol. The van der Waals surface area contributed by atoms with Gasteiger partial charge in [-0.15, -0.1) is 0 Å². The largest absolute Gasteiger partial charge is 0.397 e. The van der Waals surface area contributed by atoms with Crippen molar-refractivity contribution in [2.75, 3.05) is 11.1 Å². The summed E-state index contributed by atoms with van der Waals surface area (Å²) in [5.74, 6) is -0.449. The van der Waals surface area contributed by atoms with Crippen LogP contribution in [0.4, 0.5) is 11.4 Å². The average molecular weight is 191 g/mol. The maximum absolute atomic E-state index is 10.8. The lowest BCUT2D eigenvalue weighted by atomic mass is 10.1. The first-order valence-corrected chi connectivity index (χ1v) is 4.62. The monoisotopic (exact) mass is 191 g/mol. The van der Waals surface area contributed by atoms with Gasteiger partial charge in [-0.2, -0.15) is 0 Å². The minimum atomic E-state index is -0.449. The summed E-state index contributed by atoms with van der Waals surface area (Å²) in [6, 6.07) is 5.64. The molecule has 74 valence electrons. The Morgan fingerprint density at radius 2 is 2.14 bits per heavy atom. The zero-order valence-corrected chi connectivity index (χ0v) is 7.79. The summed E-state index contributed by atoms with van der Waals surface area (Å²) in [7, 11) is 0. The molecule has 0 atom stereocenters. The van der Waals surface area contributed by atoms with Crippen LogP contribution >= 0.6 is 0 Å². The molecule has 0 saturated heterocycles. The Bertz CT molecular complexity index is 372. The molecule has 1 aromatic carbocycles. The highest BCUT2D eigenvalue weighted by Crippen LogP contribution is 2.28. The topological polar surface area (TPSA) is 81.1 Å². The van der Waals surface area contributed by atoms with Crippen LogP contribution in [0.3, 0.4) is 0 Å². The van der Waals surface area contributed by atoms with Crippen LogP contribution in [-0.4, -0.2) is 11.9 Å². The van der Waals surface area contributed by atoms with Crippen molar-refractivity contribution in [3.63, 3.8) is 0 Å². The third-order valence-corrected chi connectivity index (χ3v) is 2.27. The lowest BCUT2D eigenvalue weighted by Gasteiger charge is -2.08. The molecule has 5 N–H and O–H groups in total. The molecule has 4 heteroatoms. The van der Waals surface area contributed by atoms with Crippen LogP contribution in [0.15, 0.2) is 18.2 Å². The van der Waals surface area contributed by atoms with Crippen molar-refractivity contribution < 1.29 is 4.79 Å². The predicted molar refractivity (Wildman–Crippen MR) is 56.0 cm³/mol. The number of primary amides is 1. The van der Waals surface area contributed by atoms with Crippen molar-refractivity contribution in [3.05, 3.63) is 23.8 Å². The molecule has 0 bridgehead atoms. The number of anilines is 2. The number of nitrogens with two attached hydrogens (primary N) is 2. The predicted octanol–water partition coefficient (Wildman–Crippen LogP) is 0.942. The first-order chi connectivity index (χ1) is 6.66. The highest BCUT2D eigenvalue weighted by atomic mass is 16.1. The smallest absolute Gasteiger partial charge is 0.248 e. The molecule has 4 nitrogen and oxygen atoms in total. The Balaban J connectivity index is 2.21. The molecule has 0 aliphatic heterocycles. The van der Waals surface area contributed by atoms with Gasteiger partial charge in [0.2, 0.25) is 5.91 Å². The summed E-state index contributed by atoms with van der Waals surface area (Å²) < 4.78 is 0. The fourth-order valence-corrected chi connectivity index (χ4v) is 1.30. The van der Waals surface area contributed by atoms with Crippen molar-refractivity contribution in [2.24, 2.45) is 5.73 Å². The van der Waals surface area contributed by atoms with E-state index in [1.807, 2.05) is 0 Å². The van der Waals surface area contributed by atoms with Gasteiger partial charge in [-0.05, 0) is 31.0 Å². The van der Waals surface area contributed by atoms with E-state index in [0.29, 0.717) is 17.3 Å². The molecule has 1 aliphatic carbocycles. The SMILES string of the molecule is NC(=O)c1ccc(NC2CC2)c(N)c1. The van der Waals surface area contributed by atoms with Crippen LogP contribution in [0.2, 0.25) is 0 Å². The lowest BCUT2D eigenvalue weighted by Crippen LogP contribution is -2.12. The number of carbonyl (C=O) groups excluding carboxylic acids is 1. The zero-order valence-electron chi connectivity index (χ0n) is 7.79. The molecule has 0 radical (unpaired) electrons. The molecule has 14 heavy (non-hydrogen) atoms. The molecule has 0 aromatic heterocycles. The molecule has 1 amide bonds. The Morgan fingerprint density at radius 3 is 2.64 bits per heavy atom. The summed E-state index contributed by atoms with van der Waals surface area (Å²) in [6.45, 7) is 0.